The van der Waals surface area contributed by atoms with E-state index < -0.39 is 10.8 Å². The van der Waals surface area contributed by atoms with Crippen molar-refractivity contribution < 1.29 is 14.2 Å². The van der Waals surface area contributed by atoms with E-state index in [1.807, 2.05) is 0 Å². The zero-order valence-corrected chi connectivity index (χ0v) is 10.1. The van der Waals surface area contributed by atoms with Gasteiger partial charge >= 0.3 is 0 Å². The molecule has 0 aliphatic carbocycles. The summed E-state index contributed by atoms with van der Waals surface area (Å²) in [6.07, 6.45) is 1.14. The molecule has 98 valence electrons. The molecule has 2 rings (SSSR count). The number of nitro groups is 1. The fourth-order valence-corrected chi connectivity index (χ4v) is 1.59. The van der Waals surface area contributed by atoms with Crippen molar-refractivity contribution in [3.05, 3.63) is 51.1 Å². The van der Waals surface area contributed by atoms with Crippen LogP contribution < -0.4 is 5.32 Å². The number of nitro benzene ring substituents is 1. The molecule has 0 saturated heterocycles. The number of halogens is 1. The number of non-ortho nitro benzene ring substituents is 1. The van der Waals surface area contributed by atoms with Gasteiger partial charge in [0.1, 0.15) is 0 Å². The summed E-state index contributed by atoms with van der Waals surface area (Å²) in [5.74, 6) is -0.170. The van der Waals surface area contributed by atoms with E-state index in [0.29, 0.717) is 5.82 Å². The number of rotatable bonds is 4. The van der Waals surface area contributed by atoms with Crippen LogP contribution in [0.15, 0.2) is 29.1 Å². The fourth-order valence-electron chi connectivity index (χ4n) is 1.33. The molecule has 8 nitrogen and oxygen atoms in total. The molecule has 0 atom stereocenters. The lowest BCUT2D eigenvalue weighted by Crippen LogP contribution is -2.23. The second kappa shape index (κ2) is 5.44. The van der Waals surface area contributed by atoms with E-state index in [1.165, 1.54) is 12.1 Å². The van der Waals surface area contributed by atoms with Gasteiger partial charge in [-0.3, -0.25) is 14.9 Å². The second-order valence-corrected chi connectivity index (χ2v) is 3.86. The summed E-state index contributed by atoms with van der Waals surface area (Å²) in [5.41, 5.74) is -0.0459. The van der Waals surface area contributed by atoms with Crippen LogP contribution >= 0.6 is 11.6 Å². The number of aromatic nitrogens is 2. The Bertz CT molecular complexity index is 614. The van der Waals surface area contributed by atoms with Crippen molar-refractivity contribution in [1.29, 1.82) is 0 Å². The van der Waals surface area contributed by atoms with Crippen molar-refractivity contribution in [3.8, 4) is 0 Å². The topological polar surface area (TPSA) is 111 Å². The number of nitrogens with one attached hydrogen (secondary N) is 1. The van der Waals surface area contributed by atoms with Gasteiger partial charge in [0.2, 0.25) is 6.39 Å². The monoisotopic (exact) mass is 282 g/mol. The summed E-state index contributed by atoms with van der Waals surface area (Å²) in [4.78, 5) is 25.5. The van der Waals surface area contributed by atoms with Gasteiger partial charge in [-0.1, -0.05) is 16.8 Å². The summed E-state index contributed by atoms with van der Waals surface area (Å²) in [5, 5.41) is 16.6. The standard InChI is InChI=1S/C10H7ClN4O4/c11-8-3-6(15(17)18)1-2-7(8)10(16)12-4-9-13-5-19-14-9/h1-3,5H,4H2,(H,12,16). The first-order valence-electron chi connectivity index (χ1n) is 5.05. The lowest BCUT2D eigenvalue weighted by Gasteiger charge is -2.04. The third-order valence-electron chi connectivity index (χ3n) is 2.22. The predicted octanol–water partition coefficient (Wildman–Crippen LogP) is 1.56. The van der Waals surface area contributed by atoms with Crippen LogP contribution in [0.5, 0.6) is 0 Å². The summed E-state index contributed by atoms with van der Waals surface area (Å²) in [6, 6.07) is 3.60. The number of nitrogens with zero attached hydrogens (tertiary/aromatic N) is 3. The molecule has 1 aromatic heterocycles. The van der Waals surface area contributed by atoms with Gasteiger partial charge in [0.25, 0.3) is 11.6 Å². The van der Waals surface area contributed by atoms with Crippen molar-refractivity contribution in [2.75, 3.05) is 0 Å². The minimum Gasteiger partial charge on any atom is -0.345 e. The van der Waals surface area contributed by atoms with E-state index >= 15 is 0 Å². The molecule has 0 spiro atoms. The second-order valence-electron chi connectivity index (χ2n) is 3.45. The van der Waals surface area contributed by atoms with Crippen molar-refractivity contribution in [1.82, 2.24) is 15.5 Å². The Balaban J connectivity index is 2.09. The Morgan fingerprint density at radius 3 is 2.89 bits per heavy atom. The Kier molecular flexibility index (Phi) is 3.71. The van der Waals surface area contributed by atoms with Crippen molar-refractivity contribution >= 4 is 23.2 Å². The van der Waals surface area contributed by atoms with Gasteiger partial charge in [-0.15, -0.1) is 0 Å². The van der Waals surface area contributed by atoms with Gasteiger partial charge in [-0.25, -0.2) is 0 Å². The normalized spacial score (nSPS) is 10.2. The molecule has 9 heteroatoms. The smallest absolute Gasteiger partial charge is 0.270 e. The zero-order chi connectivity index (χ0) is 13.8. The van der Waals surface area contributed by atoms with Crippen LogP contribution in [-0.2, 0) is 6.54 Å². The molecule has 1 heterocycles. The van der Waals surface area contributed by atoms with E-state index in [4.69, 9.17) is 11.6 Å². The lowest BCUT2D eigenvalue weighted by molar-refractivity contribution is -0.384. The van der Waals surface area contributed by atoms with Gasteiger partial charge in [-0.05, 0) is 6.07 Å². The lowest BCUT2D eigenvalue weighted by atomic mass is 10.2. The summed E-state index contributed by atoms with van der Waals surface area (Å²) in [7, 11) is 0. The molecule has 0 radical (unpaired) electrons. The molecule has 0 aliphatic rings. The SMILES string of the molecule is O=C(NCc1ncon1)c1ccc([N+](=O)[O-])cc1Cl. The number of carbonyl (C=O) groups is 1. The molecule has 19 heavy (non-hydrogen) atoms. The number of benzene rings is 1. The third kappa shape index (κ3) is 3.05. The van der Waals surface area contributed by atoms with Crippen LogP contribution in [0.2, 0.25) is 5.02 Å². The van der Waals surface area contributed by atoms with Crippen molar-refractivity contribution in [2.24, 2.45) is 0 Å². The first-order valence-corrected chi connectivity index (χ1v) is 5.43. The van der Waals surface area contributed by atoms with Crippen LogP contribution in [0.1, 0.15) is 16.2 Å². The highest BCUT2D eigenvalue weighted by Crippen LogP contribution is 2.22. The molecule has 0 bridgehead atoms. The van der Waals surface area contributed by atoms with E-state index in [9.17, 15) is 14.9 Å². The van der Waals surface area contributed by atoms with Crippen LogP contribution in [0, 0.1) is 10.1 Å². The van der Waals surface area contributed by atoms with Gasteiger partial charge < -0.3 is 9.84 Å². The van der Waals surface area contributed by atoms with E-state index in [0.717, 1.165) is 12.5 Å². The molecular formula is C10H7ClN4O4. The van der Waals surface area contributed by atoms with Gasteiger partial charge in [-0.2, -0.15) is 4.98 Å². The third-order valence-corrected chi connectivity index (χ3v) is 2.53. The number of carbonyl (C=O) groups excluding carboxylic acids is 1. The molecule has 0 fully saturated rings. The van der Waals surface area contributed by atoms with Crippen LogP contribution in [0.3, 0.4) is 0 Å². The molecule has 1 aromatic carbocycles. The van der Waals surface area contributed by atoms with E-state index in [2.05, 4.69) is 20.0 Å². The van der Waals surface area contributed by atoms with Gasteiger partial charge in [0.05, 0.1) is 22.1 Å². The van der Waals surface area contributed by atoms with E-state index in [-0.39, 0.29) is 22.8 Å². The average Bonchev–Trinajstić information content (AvgIpc) is 2.88. The Morgan fingerprint density at radius 1 is 1.53 bits per heavy atom. The molecule has 2 aromatic rings. The minimum absolute atomic E-state index is 0.000174. The van der Waals surface area contributed by atoms with Crippen molar-refractivity contribution in [2.45, 2.75) is 6.54 Å². The molecule has 0 unspecified atom stereocenters. The van der Waals surface area contributed by atoms with Crippen molar-refractivity contribution in [3.63, 3.8) is 0 Å². The highest BCUT2D eigenvalue weighted by Gasteiger charge is 2.15. The molecule has 0 saturated carbocycles. The summed E-state index contributed by atoms with van der Waals surface area (Å²) >= 11 is 5.81. The fraction of sp³-hybridized carbons (Fsp3) is 0.100. The number of amides is 1. The molecule has 0 aliphatic heterocycles. The largest absolute Gasteiger partial charge is 0.345 e. The maximum absolute atomic E-state index is 11.8. The average molecular weight is 283 g/mol. The first-order chi connectivity index (χ1) is 9.08. The summed E-state index contributed by atoms with van der Waals surface area (Å²) in [6.45, 7) is 0.0721. The minimum atomic E-state index is -0.590. The molecular weight excluding hydrogens is 276 g/mol. The maximum Gasteiger partial charge on any atom is 0.270 e. The molecule has 1 amide bonds. The van der Waals surface area contributed by atoms with Crippen LogP contribution in [0.25, 0.3) is 0 Å². The quantitative estimate of drug-likeness (QED) is 0.673. The molecule has 1 N–H and O–H groups in total. The van der Waals surface area contributed by atoms with Gasteiger partial charge in [0, 0.05) is 12.1 Å². The van der Waals surface area contributed by atoms with Crippen LogP contribution in [0.4, 0.5) is 5.69 Å². The Morgan fingerprint density at radius 2 is 2.32 bits per heavy atom. The zero-order valence-electron chi connectivity index (χ0n) is 9.37. The maximum atomic E-state index is 11.8. The Hall–Kier alpha value is -2.48. The number of hydrogen-bond donors (Lipinski definition) is 1. The Labute approximate surface area is 111 Å². The highest BCUT2D eigenvalue weighted by molar-refractivity contribution is 6.34. The van der Waals surface area contributed by atoms with E-state index in [1.54, 1.807) is 0 Å². The highest BCUT2D eigenvalue weighted by atomic mass is 35.5. The van der Waals surface area contributed by atoms with Gasteiger partial charge in [0.15, 0.2) is 5.82 Å². The van der Waals surface area contributed by atoms with Crippen LogP contribution in [-0.4, -0.2) is 21.0 Å². The summed E-state index contributed by atoms with van der Waals surface area (Å²) < 4.78 is 4.50. The first kappa shape index (κ1) is 13.0. The predicted molar refractivity (Wildman–Crippen MR) is 63.6 cm³/mol. The number of hydrogen-bond acceptors (Lipinski definition) is 6.